The zero-order valence-corrected chi connectivity index (χ0v) is 30.4. The number of rotatable bonds is 5. The van der Waals surface area contributed by atoms with Crippen LogP contribution in [-0.4, -0.2) is 15.0 Å². The Kier molecular flexibility index (Phi) is 7.49. The molecule has 0 fully saturated rings. The lowest BCUT2D eigenvalue weighted by Crippen LogP contribution is -1.96. The molecular weight excluding hydrogens is 679 g/mol. The van der Waals surface area contributed by atoms with Crippen LogP contribution in [0.3, 0.4) is 0 Å². The predicted molar refractivity (Wildman–Crippen MR) is 235 cm³/mol. The molecule has 260 valence electrons. The van der Waals surface area contributed by atoms with E-state index in [1.54, 1.807) is 0 Å². The Morgan fingerprint density at radius 3 is 1.39 bits per heavy atom. The normalized spacial score (nSPS) is 11.6. The van der Waals surface area contributed by atoms with E-state index in [4.69, 9.17) is 15.0 Å². The van der Waals surface area contributed by atoms with Crippen molar-refractivity contribution in [3.63, 3.8) is 0 Å². The summed E-state index contributed by atoms with van der Waals surface area (Å²) >= 11 is 0. The van der Waals surface area contributed by atoms with Gasteiger partial charge in [-0.25, -0.2) is 15.0 Å². The fourth-order valence-corrected chi connectivity index (χ4v) is 8.40. The van der Waals surface area contributed by atoms with E-state index < -0.39 is 0 Å². The third-order valence-corrected chi connectivity index (χ3v) is 11.0. The first-order valence-corrected chi connectivity index (χ1v) is 19.0. The number of benzene rings is 9. The molecule has 0 bridgehead atoms. The molecule has 0 aliphatic carbocycles. The number of hydrogen-bond acceptors (Lipinski definition) is 3. The van der Waals surface area contributed by atoms with Crippen LogP contribution >= 0.6 is 0 Å². The van der Waals surface area contributed by atoms with Crippen LogP contribution in [0.1, 0.15) is 0 Å². The number of hydrogen-bond donors (Lipinski definition) is 0. The maximum Gasteiger partial charge on any atom is 0.160 e. The summed E-state index contributed by atoms with van der Waals surface area (Å²) in [6.45, 7) is 0. The highest BCUT2D eigenvalue weighted by molar-refractivity contribution is 6.33. The zero-order chi connectivity index (χ0) is 37.0. The Balaban J connectivity index is 1.02. The molecule has 3 nitrogen and oxygen atoms in total. The number of nitrogens with zero attached hydrogens (tertiary/aromatic N) is 3. The molecule has 0 aliphatic heterocycles. The van der Waals surface area contributed by atoms with E-state index in [0.717, 1.165) is 61.2 Å². The topological polar surface area (TPSA) is 38.7 Å². The van der Waals surface area contributed by atoms with Crippen LogP contribution in [0, 0.1) is 0 Å². The van der Waals surface area contributed by atoms with Gasteiger partial charge in [-0.1, -0.05) is 176 Å². The van der Waals surface area contributed by atoms with Crippen LogP contribution < -0.4 is 0 Å². The molecule has 0 aliphatic rings. The highest BCUT2D eigenvalue weighted by Gasteiger charge is 2.18. The molecule has 0 radical (unpaired) electrons. The first-order valence-electron chi connectivity index (χ1n) is 19.0. The summed E-state index contributed by atoms with van der Waals surface area (Å²) in [5.41, 5.74) is 11.5. The maximum atomic E-state index is 5.35. The number of pyridine rings is 1. The second-order valence-electron chi connectivity index (χ2n) is 14.3. The van der Waals surface area contributed by atoms with E-state index >= 15 is 0 Å². The van der Waals surface area contributed by atoms with Gasteiger partial charge in [0.2, 0.25) is 0 Å². The van der Waals surface area contributed by atoms with Crippen molar-refractivity contribution in [2.75, 3.05) is 0 Å². The van der Waals surface area contributed by atoms with Gasteiger partial charge in [0.25, 0.3) is 0 Å². The van der Waals surface area contributed by atoms with Crippen molar-refractivity contribution in [1.29, 1.82) is 0 Å². The van der Waals surface area contributed by atoms with Crippen LogP contribution in [0.5, 0.6) is 0 Å². The van der Waals surface area contributed by atoms with Crippen LogP contribution in [0.15, 0.2) is 200 Å². The van der Waals surface area contributed by atoms with Crippen LogP contribution in [0.2, 0.25) is 0 Å². The summed E-state index contributed by atoms with van der Waals surface area (Å²) in [5.74, 6) is 0.702. The van der Waals surface area contributed by atoms with Gasteiger partial charge in [0.05, 0.1) is 22.4 Å². The van der Waals surface area contributed by atoms with Gasteiger partial charge in [0.1, 0.15) is 0 Å². The second kappa shape index (κ2) is 13.1. The maximum absolute atomic E-state index is 5.35. The van der Waals surface area contributed by atoms with Gasteiger partial charge in [0, 0.05) is 38.2 Å². The molecule has 0 amide bonds. The molecule has 0 N–H and O–H groups in total. The van der Waals surface area contributed by atoms with Crippen molar-refractivity contribution < 1.29 is 0 Å². The molecule has 0 atom stereocenters. The van der Waals surface area contributed by atoms with E-state index in [0.29, 0.717) is 5.82 Å². The fraction of sp³-hybridized carbons (Fsp3) is 0. The summed E-state index contributed by atoms with van der Waals surface area (Å²) in [5, 5.41) is 9.60. The summed E-state index contributed by atoms with van der Waals surface area (Å²) in [6.07, 6.45) is 0. The third-order valence-electron chi connectivity index (χ3n) is 11.0. The molecule has 0 unspecified atom stereocenters. The Morgan fingerprint density at radius 2 is 0.696 bits per heavy atom. The van der Waals surface area contributed by atoms with Gasteiger partial charge in [-0.3, -0.25) is 0 Å². The molecule has 0 spiro atoms. The lowest BCUT2D eigenvalue weighted by molar-refractivity contribution is 1.23. The highest BCUT2D eigenvalue weighted by Crippen LogP contribution is 2.43. The molecule has 2 heterocycles. The Labute approximate surface area is 324 Å². The zero-order valence-electron chi connectivity index (χ0n) is 30.4. The van der Waals surface area contributed by atoms with Gasteiger partial charge >= 0.3 is 0 Å². The molecule has 9 aromatic carbocycles. The van der Waals surface area contributed by atoms with Crippen molar-refractivity contribution in [2.45, 2.75) is 0 Å². The summed E-state index contributed by atoms with van der Waals surface area (Å²) in [7, 11) is 0. The smallest absolute Gasteiger partial charge is 0.160 e. The van der Waals surface area contributed by atoms with E-state index in [-0.39, 0.29) is 0 Å². The van der Waals surface area contributed by atoms with Gasteiger partial charge < -0.3 is 0 Å². The summed E-state index contributed by atoms with van der Waals surface area (Å²) < 4.78 is 0. The highest BCUT2D eigenvalue weighted by atomic mass is 14.9. The predicted octanol–water partition coefficient (Wildman–Crippen LogP) is 14.0. The lowest BCUT2D eigenvalue weighted by Gasteiger charge is -2.16. The molecule has 3 heteroatoms. The van der Waals surface area contributed by atoms with Gasteiger partial charge in [-0.2, -0.15) is 0 Å². The molecule has 0 saturated carbocycles. The van der Waals surface area contributed by atoms with Crippen LogP contribution in [-0.2, 0) is 0 Å². The van der Waals surface area contributed by atoms with Crippen molar-refractivity contribution >= 4 is 54.1 Å². The Bertz CT molecular complexity index is 3300. The minimum absolute atomic E-state index is 0.702. The second-order valence-corrected chi connectivity index (χ2v) is 14.3. The van der Waals surface area contributed by atoms with Gasteiger partial charge in [-0.15, -0.1) is 0 Å². The monoisotopic (exact) mass is 711 g/mol. The molecule has 2 aromatic heterocycles. The summed E-state index contributed by atoms with van der Waals surface area (Å²) in [4.78, 5) is 15.7. The molecule has 56 heavy (non-hydrogen) atoms. The van der Waals surface area contributed by atoms with Crippen molar-refractivity contribution in [3.05, 3.63) is 200 Å². The van der Waals surface area contributed by atoms with Crippen molar-refractivity contribution in [3.8, 4) is 56.2 Å². The van der Waals surface area contributed by atoms with Crippen LogP contribution in [0.25, 0.3) is 110 Å². The van der Waals surface area contributed by atoms with Crippen molar-refractivity contribution in [1.82, 2.24) is 15.0 Å². The number of para-hydroxylation sites is 2. The number of fused-ring (bicyclic) bond motifs is 9. The quantitative estimate of drug-likeness (QED) is 0.167. The Hall–Kier alpha value is -7.49. The van der Waals surface area contributed by atoms with E-state index in [1.165, 1.54) is 43.3 Å². The third kappa shape index (κ3) is 5.32. The summed E-state index contributed by atoms with van der Waals surface area (Å²) in [6, 6.07) is 70.8. The fourth-order valence-electron chi connectivity index (χ4n) is 8.40. The SMILES string of the molecule is c1ccc(-c2cccc(-c3nc(-c4cccc(-c5ccc(-c6nc7ccccc7c7c8ccccc8c8ccccc8c67)cc5)c4)nc4ccccc34)c2)cc1. The minimum atomic E-state index is 0.702. The van der Waals surface area contributed by atoms with E-state index in [1.807, 2.05) is 12.1 Å². The molecule has 11 aromatic rings. The van der Waals surface area contributed by atoms with Gasteiger partial charge in [0.15, 0.2) is 5.82 Å². The molecule has 11 rings (SSSR count). The van der Waals surface area contributed by atoms with Crippen LogP contribution in [0.4, 0.5) is 0 Å². The average Bonchev–Trinajstić information content (AvgIpc) is 3.28. The first kappa shape index (κ1) is 32.0. The van der Waals surface area contributed by atoms with Gasteiger partial charge in [-0.05, 0) is 68.1 Å². The van der Waals surface area contributed by atoms with Crippen molar-refractivity contribution in [2.24, 2.45) is 0 Å². The standard InChI is InChI=1S/C53H33N3/c1-2-14-34(15-3-1)37-16-12-18-39(32-37)51-46-25-9-11-27-48(46)55-53(56-51)40-19-13-17-38(33-40)35-28-30-36(31-29-35)52-50-44-23-7-5-21-42(44)41-20-4-6-22-43(41)49(50)45-24-8-10-26-47(45)54-52/h1-33H. The van der Waals surface area contributed by atoms with E-state index in [9.17, 15) is 0 Å². The van der Waals surface area contributed by atoms with E-state index in [2.05, 4.69) is 188 Å². The first-order chi connectivity index (χ1) is 27.8. The Morgan fingerprint density at radius 1 is 0.232 bits per heavy atom. The molecular formula is C53H33N3. The minimum Gasteiger partial charge on any atom is -0.247 e. The molecule has 0 saturated heterocycles. The largest absolute Gasteiger partial charge is 0.247 e. The lowest BCUT2D eigenvalue weighted by atomic mass is 9.89. The average molecular weight is 712 g/mol. The number of aromatic nitrogens is 3.